The van der Waals surface area contributed by atoms with Gasteiger partial charge in [0, 0.05) is 29.1 Å². The number of amides is 3. The fourth-order valence-electron chi connectivity index (χ4n) is 4.15. The van der Waals surface area contributed by atoms with E-state index in [1.807, 2.05) is 0 Å². The van der Waals surface area contributed by atoms with Gasteiger partial charge in [-0.15, -0.1) is 0 Å². The number of nitrogens with one attached hydrogen (secondary N) is 3. The second-order valence-corrected chi connectivity index (χ2v) is 8.65. The second-order valence-electron chi connectivity index (χ2n) is 8.65. The number of pyridine rings is 1. The van der Waals surface area contributed by atoms with Crippen LogP contribution in [0.1, 0.15) is 32.0 Å². The number of halogens is 3. The number of benzene rings is 2. The van der Waals surface area contributed by atoms with Crippen LogP contribution in [0.15, 0.2) is 66.9 Å². The number of urea groups is 1. The number of carbonyl (C=O) groups is 4. The average molecular weight is 569 g/mol. The minimum atomic E-state index is -5.20. The molecule has 41 heavy (non-hydrogen) atoms. The van der Waals surface area contributed by atoms with E-state index < -0.39 is 41.1 Å². The van der Waals surface area contributed by atoms with Crippen molar-refractivity contribution in [1.82, 2.24) is 4.40 Å². The summed E-state index contributed by atoms with van der Waals surface area (Å²) in [5.41, 5.74) is 0.778. The molecule has 0 radical (unpaired) electrons. The molecule has 0 bridgehead atoms. The van der Waals surface area contributed by atoms with E-state index in [2.05, 4.69) is 15.4 Å². The molecule has 0 saturated carbocycles. The molecule has 3 N–H and O–H groups in total. The molecule has 0 aliphatic heterocycles. The van der Waals surface area contributed by atoms with Crippen molar-refractivity contribution in [3.63, 3.8) is 0 Å². The van der Waals surface area contributed by atoms with Crippen LogP contribution in [0, 0.1) is 6.92 Å². The molecule has 13 heteroatoms. The molecule has 2 aromatic carbocycles. The predicted molar refractivity (Wildman–Crippen MR) is 144 cm³/mol. The lowest BCUT2D eigenvalue weighted by Crippen LogP contribution is -2.30. The van der Waals surface area contributed by atoms with Gasteiger partial charge in [0.25, 0.3) is 0 Å². The zero-order chi connectivity index (χ0) is 29.9. The van der Waals surface area contributed by atoms with Crippen molar-refractivity contribution < 1.29 is 41.8 Å². The number of esters is 1. The van der Waals surface area contributed by atoms with Crippen molar-refractivity contribution in [2.24, 2.45) is 0 Å². The number of nitrogens with zero attached hydrogens (tertiary/aromatic N) is 1. The number of fused-ring (bicyclic) bond motifs is 1. The maximum Gasteiger partial charge on any atom is 0.471 e. The van der Waals surface area contributed by atoms with E-state index in [0.29, 0.717) is 28.2 Å². The molecular weight excluding hydrogens is 545 g/mol. The molecule has 0 fully saturated rings. The number of hydrogen-bond acceptors (Lipinski definition) is 6. The lowest BCUT2D eigenvalue weighted by molar-refractivity contribution is -0.167. The third-order valence-corrected chi connectivity index (χ3v) is 6.06. The molecule has 4 rings (SSSR count). The Kier molecular flexibility index (Phi) is 7.99. The minimum Gasteiger partial charge on any atom is -0.497 e. The average Bonchev–Trinajstić information content (AvgIpc) is 3.22. The quantitative estimate of drug-likeness (QED) is 0.202. The Morgan fingerprint density at radius 1 is 0.878 bits per heavy atom. The Labute approximate surface area is 231 Å². The Hall–Kier alpha value is -5.33. The third-order valence-electron chi connectivity index (χ3n) is 6.06. The molecule has 0 aliphatic rings. The highest BCUT2D eigenvalue weighted by atomic mass is 19.4. The van der Waals surface area contributed by atoms with Gasteiger partial charge in [-0.05, 0) is 49.4 Å². The zero-order valence-electron chi connectivity index (χ0n) is 21.9. The summed E-state index contributed by atoms with van der Waals surface area (Å²) in [4.78, 5) is 50.4. The van der Waals surface area contributed by atoms with E-state index in [0.717, 1.165) is 19.2 Å². The number of carbonyl (C=O) groups excluding carboxylic acids is 4. The van der Waals surface area contributed by atoms with Gasteiger partial charge in [0.15, 0.2) is 0 Å². The number of ether oxygens (including phenoxy) is 2. The SMILES string of the molecule is COC(=O)c1cc(C(=O)c2c(C)c(NC(=O)Nc3cccc(OC)c3)c3ccccn23)ccc1NC(=O)C(F)(F)F. The molecule has 212 valence electrons. The Morgan fingerprint density at radius 2 is 1.63 bits per heavy atom. The van der Waals surface area contributed by atoms with Crippen LogP contribution < -0.4 is 20.7 Å². The van der Waals surface area contributed by atoms with Crippen molar-refractivity contribution in [1.29, 1.82) is 0 Å². The van der Waals surface area contributed by atoms with Gasteiger partial charge in [-0.3, -0.25) is 9.59 Å². The third kappa shape index (κ3) is 5.98. The normalized spacial score (nSPS) is 11.1. The number of hydrogen-bond donors (Lipinski definition) is 3. The summed E-state index contributed by atoms with van der Waals surface area (Å²) in [7, 11) is 2.50. The summed E-state index contributed by atoms with van der Waals surface area (Å²) in [6.07, 6.45) is -3.61. The minimum absolute atomic E-state index is 0.0749. The highest BCUT2D eigenvalue weighted by molar-refractivity contribution is 6.14. The second kappa shape index (κ2) is 11.4. The molecule has 4 aromatic rings. The van der Waals surface area contributed by atoms with E-state index in [1.165, 1.54) is 17.6 Å². The molecule has 3 amide bonds. The predicted octanol–water partition coefficient (Wildman–Crippen LogP) is 5.42. The number of methoxy groups -OCH3 is 2. The first kappa shape index (κ1) is 28.7. The fourth-order valence-corrected chi connectivity index (χ4v) is 4.15. The van der Waals surface area contributed by atoms with Crippen LogP contribution in [0.4, 0.5) is 35.0 Å². The van der Waals surface area contributed by atoms with Crippen LogP contribution in [-0.4, -0.2) is 48.5 Å². The topological polar surface area (TPSA) is 127 Å². The lowest BCUT2D eigenvalue weighted by Gasteiger charge is -2.13. The summed E-state index contributed by atoms with van der Waals surface area (Å²) in [5, 5.41) is 7.07. The van der Waals surface area contributed by atoms with E-state index in [1.54, 1.807) is 60.9 Å². The van der Waals surface area contributed by atoms with Crippen molar-refractivity contribution in [2.75, 3.05) is 30.2 Å². The van der Waals surface area contributed by atoms with Crippen molar-refractivity contribution >= 4 is 46.3 Å². The largest absolute Gasteiger partial charge is 0.497 e. The van der Waals surface area contributed by atoms with Crippen LogP contribution in [0.2, 0.25) is 0 Å². The maximum atomic E-state index is 13.7. The van der Waals surface area contributed by atoms with Crippen LogP contribution >= 0.6 is 0 Å². The van der Waals surface area contributed by atoms with Crippen LogP contribution in [-0.2, 0) is 9.53 Å². The smallest absolute Gasteiger partial charge is 0.471 e. The van der Waals surface area contributed by atoms with E-state index in [9.17, 15) is 32.3 Å². The first-order chi connectivity index (χ1) is 19.4. The summed E-state index contributed by atoms with van der Waals surface area (Å²) < 4.78 is 49.7. The van der Waals surface area contributed by atoms with Gasteiger partial charge < -0.3 is 29.8 Å². The van der Waals surface area contributed by atoms with Crippen LogP contribution in [0.3, 0.4) is 0 Å². The Morgan fingerprint density at radius 3 is 2.32 bits per heavy atom. The Balaban J connectivity index is 1.71. The van der Waals surface area contributed by atoms with Gasteiger partial charge in [-0.2, -0.15) is 13.2 Å². The van der Waals surface area contributed by atoms with Crippen LogP contribution in [0.5, 0.6) is 5.75 Å². The number of alkyl halides is 3. The van der Waals surface area contributed by atoms with Crippen molar-refractivity contribution in [3.05, 3.63) is 89.2 Å². The highest BCUT2D eigenvalue weighted by Gasteiger charge is 2.39. The number of rotatable bonds is 7. The monoisotopic (exact) mass is 568 g/mol. The van der Waals surface area contributed by atoms with Crippen LogP contribution in [0.25, 0.3) is 5.52 Å². The molecule has 2 aromatic heterocycles. The van der Waals surface area contributed by atoms with Gasteiger partial charge in [0.1, 0.15) is 5.75 Å². The zero-order valence-corrected chi connectivity index (χ0v) is 21.9. The standard InChI is InChI=1S/C28H23F3N4O6/c1-15-22(34-27(39)32-17-7-6-8-18(14-17)40-2)21-9-4-5-12-35(21)23(15)24(36)16-10-11-20(19(13-16)25(37)41-3)33-26(38)28(29,30)31/h4-14H,1-3H3,(H,33,38)(H2,32,34,39). The fraction of sp³-hybridized carbons (Fsp3) is 0.143. The molecule has 0 atom stereocenters. The molecule has 0 unspecified atom stereocenters. The van der Waals surface area contributed by atoms with E-state index in [-0.39, 0.29) is 11.3 Å². The first-order valence-electron chi connectivity index (χ1n) is 11.9. The Bertz CT molecular complexity index is 1680. The molecule has 0 aliphatic carbocycles. The van der Waals surface area contributed by atoms with Gasteiger partial charge >= 0.3 is 24.1 Å². The molecule has 0 spiro atoms. The van der Waals surface area contributed by atoms with Crippen molar-refractivity contribution in [3.8, 4) is 5.75 Å². The molecule has 10 nitrogen and oxygen atoms in total. The van der Waals surface area contributed by atoms with Crippen molar-refractivity contribution in [2.45, 2.75) is 13.1 Å². The number of anilines is 3. The van der Waals surface area contributed by atoms with Gasteiger partial charge in [-0.1, -0.05) is 12.1 Å². The summed E-state index contributed by atoms with van der Waals surface area (Å²) in [5.74, 6) is -3.43. The molecule has 0 saturated heterocycles. The maximum absolute atomic E-state index is 13.7. The van der Waals surface area contributed by atoms with E-state index in [4.69, 9.17) is 4.74 Å². The number of aromatic nitrogens is 1. The summed E-state index contributed by atoms with van der Waals surface area (Å²) >= 11 is 0. The summed E-state index contributed by atoms with van der Waals surface area (Å²) in [6, 6.07) is 14.4. The summed E-state index contributed by atoms with van der Waals surface area (Å²) in [6.45, 7) is 1.61. The lowest BCUT2D eigenvalue weighted by atomic mass is 10.0. The molecular formula is C28H23F3N4O6. The number of ketones is 1. The first-order valence-corrected chi connectivity index (χ1v) is 11.9. The van der Waals surface area contributed by atoms with Gasteiger partial charge in [0.2, 0.25) is 5.78 Å². The highest BCUT2D eigenvalue weighted by Crippen LogP contribution is 2.31. The molecule has 2 heterocycles. The van der Waals surface area contributed by atoms with Gasteiger partial charge in [-0.25, -0.2) is 9.59 Å². The van der Waals surface area contributed by atoms with Gasteiger partial charge in [0.05, 0.1) is 42.4 Å². The van der Waals surface area contributed by atoms with E-state index >= 15 is 0 Å².